The van der Waals surface area contributed by atoms with E-state index in [9.17, 15) is 23.2 Å². The summed E-state index contributed by atoms with van der Waals surface area (Å²) < 4.78 is 44.3. The molecular formula is C23H15ClF3N7O2. The molecular weight excluding hydrogens is 499 g/mol. The van der Waals surface area contributed by atoms with Gasteiger partial charge in [-0.2, -0.15) is 23.5 Å². The first-order valence-corrected chi connectivity index (χ1v) is 11.0. The highest BCUT2D eigenvalue weighted by Crippen LogP contribution is 2.40. The van der Waals surface area contributed by atoms with Crippen molar-refractivity contribution in [1.82, 2.24) is 25.1 Å². The molecule has 1 N–H and O–H groups in total. The number of aromatic nitrogens is 5. The van der Waals surface area contributed by atoms with Gasteiger partial charge in [0.05, 0.1) is 34.7 Å². The van der Waals surface area contributed by atoms with Crippen LogP contribution in [0.15, 0.2) is 36.8 Å². The first-order valence-electron chi connectivity index (χ1n) is 10.6. The van der Waals surface area contributed by atoms with Gasteiger partial charge < -0.3 is 4.74 Å². The Balaban J connectivity index is 1.57. The zero-order chi connectivity index (χ0) is 25.4. The van der Waals surface area contributed by atoms with Crippen LogP contribution in [-0.4, -0.2) is 43.8 Å². The number of ether oxygens (including phenoxy) is 1. The first kappa shape index (κ1) is 23.5. The number of carbonyl (C=O) groups is 1. The van der Waals surface area contributed by atoms with Gasteiger partial charge in [-0.25, -0.2) is 15.0 Å². The SMILES string of the molecule is N#Cc1c(CCC(F)(F)F)nc2[nH]ncc2c1-c1ccc2c(c1)OCC(=O)N2Cc1ncc(Cl)cn1. The van der Waals surface area contributed by atoms with Crippen molar-refractivity contribution in [1.29, 1.82) is 5.26 Å². The highest BCUT2D eigenvalue weighted by Gasteiger charge is 2.30. The van der Waals surface area contributed by atoms with Gasteiger partial charge in [0.1, 0.15) is 17.6 Å². The van der Waals surface area contributed by atoms with Crippen molar-refractivity contribution in [3.05, 3.63) is 58.9 Å². The Morgan fingerprint density at radius 1 is 1.22 bits per heavy atom. The molecule has 4 heterocycles. The summed E-state index contributed by atoms with van der Waals surface area (Å²) >= 11 is 5.84. The van der Waals surface area contributed by atoms with Gasteiger partial charge in [-0.15, -0.1) is 0 Å². The van der Waals surface area contributed by atoms with Gasteiger partial charge in [0.2, 0.25) is 0 Å². The molecule has 0 fully saturated rings. The van der Waals surface area contributed by atoms with Gasteiger partial charge in [-0.1, -0.05) is 17.7 Å². The molecule has 0 bridgehead atoms. The molecule has 0 radical (unpaired) electrons. The van der Waals surface area contributed by atoms with E-state index in [1.54, 1.807) is 18.2 Å². The quantitative estimate of drug-likeness (QED) is 0.421. The fourth-order valence-electron chi connectivity index (χ4n) is 3.97. The Labute approximate surface area is 206 Å². The Hall–Kier alpha value is -4.24. The normalized spacial score (nSPS) is 13.4. The number of anilines is 1. The van der Waals surface area contributed by atoms with E-state index in [0.717, 1.165) is 0 Å². The number of nitrogens with one attached hydrogen (secondary N) is 1. The van der Waals surface area contributed by atoms with E-state index < -0.39 is 19.0 Å². The number of hydrogen-bond acceptors (Lipinski definition) is 7. The van der Waals surface area contributed by atoms with Gasteiger partial charge in [-0.3, -0.25) is 14.8 Å². The second-order valence-corrected chi connectivity index (χ2v) is 8.37. The fourth-order valence-corrected chi connectivity index (χ4v) is 4.07. The molecule has 1 aliphatic heterocycles. The van der Waals surface area contributed by atoms with E-state index in [4.69, 9.17) is 16.3 Å². The highest BCUT2D eigenvalue weighted by atomic mass is 35.5. The van der Waals surface area contributed by atoms with Crippen LogP contribution >= 0.6 is 11.6 Å². The van der Waals surface area contributed by atoms with Crippen molar-refractivity contribution >= 4 is 34.2 Å². The summed E-state index contributed by atoms with van der Waals surface area (Å²) in [6, 6.07) is 6.94. The summed E-state index contributed by atoms with van der Waals surface area (Å²) in [4.78, 5) is 26.5. The zero-order valence-electron chi connectivity index (χ0n) is 18.3. The fraction of sp³-hybridized carbons (Fsp3) is 0.217. The minimum Gasteiger partial charge on any atom is -0.482 e. The molecule has 0 saturated heterocycles. The lowest BCUT2D eigenvalue weighted by Gasteiger charge is -2.29. The summed E-state index contributed by atoms with van der Waals surface area (Å²) in [5.41, 5.74) is 1.63. The van der Waals surface area contributed by atoms with Crippen LogP contribution in [0.3, 0.4) is 0 Å². The first-order chi connectivity index (χ1) is 17.2. The van der Waals surface area contributed by atoms with Gasteiger partial charge >= 0.3 is 6.18 Å². The minimum atomic E-state index is -4.40. The number of halogens is 4. The molecule has 182 valence electrons. The van der Waals surface area contributed by atoms with Crippen molar-refractivity contribution in [2.24, 2.45) is 0 Å². The number of nitriles is 1. The Bertz CT molecular complexity index is 1510. The molecule has 0 atom stereocenters. The van der Waals surface area contributed by atoms with Crippen LogP contribution < -0.4 is 9.64 Å². The molecule has 3 aromatic heterocycles. The van der Waals surface area contributed by atoms with Crippen LogP contribution in [0.5, 0.6) is 5.75 Å². The molecule has 0 unspecified atom stereocenters. The maximum Gasteiger partial charge on any atom is 0.389 e. The third kappa shape index (κ3) is 4.52. The predicted octanol–water partition coefficient (Wildman–Crippen LogP) is 4.36. The van der Waals surface area contributed by atoms with Crippen LogP contribution in [0.2, 0.25) is 5.02 Å². The van der Waals surface area contributed by atoms with Crippen molar-refractivity contribution in [2.75, 3.05) is 11.5 Å². The number of aryl methyl sites for hydroxylation is 1. The number of amides is 1. The van der Waals surface area contributed by atoms with E-state index in [2.05, 4.69) is 25.1 Å². The number of nitrogens with zero attached hydrogens (tertiary/aromatic N) is 6. The van der Waals surface area contributed by atoms with E-state index in [0.29, 0.717) is 38.8 Å². The molecule has 1 aliphatic rings. The van der Waals surface area contributed by atoms with Crippen LogP contribution in [0, 0.1) is 11.3 Å². The Morgan fingerprint density at radius 3 is 2.72 bits per heavy atom. The molecule has 0 saturated carbocycles. The van der Waals surface area contributed by atoms with Crippen molar-refractivity contribution in [3.8, 4) is 22.9 Å². The predicted molar refractivity (Wildman–Crippen MR) is 122 cm³/mol. The van der Waals surface area contributed by atoms with Gasteiger partial charge in [0, 0.05) is 29.8 Å². The molecule has 36 heavy (non-hydrogen) atoms. The minimum absolute atomic E-state index is 0.0110. The second-order valence-electron chi connectivity index (χ2n) is 7.94. The molecule has 5 rings (SSSR count). The summed E-state index contributed by atoms with van der Waals surface area (Å²) in [6.07, 6.45) is -1.67. The summed E-state index contributed by atoms with van der Waals surface area (Å²) in [5.74, 6) is 0.428. The molecule has 13 heteroatoms. The summed E-state index contributed by atoms with van der Waals surface area (Å²) in [5, 5.41) is 17.3. The lowest BCUT2D eigenvalue weighted by atomic mass is 9.94. The van der Waals surface area contributed by atoms with Crippen molar-refractivity contribution < 1.29 is 22.7 Å². The van der Waals surface area contributed by atoms with Crippen LogP contribution in [-0.2, 0) is 17.8 Å². The second kappa shape index (κ2) is 9.09. The standard InChI is InChI=1S/C23H15ClF3N7O2/c24-13-7-29-19(30-8-13)10-34-17-2-1-12(5-18(17)36-11-20(34)35)21-14(6-28)16(3-4-23(25,26)27)32-22-15(21)9-31-33-22/h1-2,5,7-9H,3-4,10-11H2,(H,31,32,33). The molecule has 9 nitrogen and oxygen atoms in total. The number of alkyl halides is 3. The monoisotopic (exact) mass is 513 g/mol. The van der Waals surface area contributed by atoms with Crippen LogP contribution in [0.4, 0.5) is 18.9 Å². The van der Waals surface area contributed by atoms with Crippen molar-refractivity contribution in [3.63, 3.8) is 0 Å². The number of aromatic amines is 1. The highest BCUT2D eigenvalue weighted by molar-refractivity contribution is 6.30. The maximum absolute atomic E-state index is 12.9. The van der Waals surface area contributed by atoms with Crippen LogP contribution in [0.1, 0.15) is 23.5 Å². The maximum atomic E-state index is 12.9. The average molecular weight is 514 g/mol. The van der Waals surface area contributed by atoms with E-state index in [1.165, 1.54) is 23.5 Å². The van der Waals surface area contributed by atoms with E-state index in [1.807, 2.05) is 6.07 Å². The Kier molecular flexibility index (Phi) is 5.93. The molecule has 0 spiro atoms. The molecule has 0 aliphatic carbocycles. The number of hydrogen-bond donors (Lipinski definition) is 1. The largest absolute Gasteiger partial charge is 0.482 e. The molecule has 1 amide bonds. The average Bonchev–Trinajstić information content (AvgIpc) is 3.32. The lowest BCUT2D eigenvalue weighted by molar-refractivity contribution is -0.134. The number of benzene rings is 1. The third-order valence-corrected chi connectivity index (χ3v) is 5.79. The Morgan fingerprint density at radius 2 is 2.00 bits per heavy atom. The molecule has 4 aromatic rings. The topological polar surface area (TPSA) is 121 Å². The number of H-pyrrole nitrogens is 1. The van der Waals surface area contributed by atoms with Crippen molar-refractivity contribution in [2.45, 2.75) is 25.6 Å². The summed E-state index contributed by atoms with van der Waals surface area (Å²) in [7, 11) is 0. The number of fused-ring (bicyclic) bond motifs is 2. The molecule has 1 aromatic carbocycles. The number of carbonyl (C=O) groups excluding carboxylic acids is 1. The third-order valence-electron chi connectivity index (χ3n) is 5.60. The smallest absolute Gasteiger partial charge is 0.389 e. The number of rotatable bonds is 5. The van der Waals surface area contributed by atoms with Crippen LogP contribution in [0.25, 0.3) is 22.2 Å². The lowest BCUT2D eigenvalue weighted by Crippen LogP contribution is -2.38. The number of pyridine rings is 1. The summed E-state index contributed by atoms with van der Waals surface area (Å²) in [6.45, 7) is -0.151. The van der Waals surface area contributed by atoms with E-state index in [-0.39, 0.29) is 36.0 Å². The zero-order valence-corrected chi connectivity index (χ0v) is 19.1. The van der Waals surface area contributed by atoms with Gasteiger partial charge in [0.25, 0.3) is 5.91 Å². The van der Waals surface area contributed by atoms with E-state index >= 15 is 0 Å². The van der Waals surface area contributed by atoms with Gasteiger partial charge in [-0.05, 0) is 24.1 Å². The van der Waals surface area contributed by atoms with Gasteiger partial charge in [0.15, 0.2) is 12.3 Å².